The number of rotatable bonds is 4. The molecule has 1 nitrogen and oxygen atoms in total. The summed E-state index contributed by atoms with van der Waals surface area (Å²) in [4.78, 5) is 0. The molecule has 3 aromatic rings. The molecule has 0 spiro atoms. The second-order valence-electron chi connectivity index (χ2n) is 4.91. The molecule has 0 amide bonds. The lowest BCUT2D eigenvalue weighted by Crippen LogP contribution is -1.96. The molecule has 0 atom stereocenters. The van der Waals surface area contributed by atoms with Crippen LogP contribution in [0.25, 0.3) is 11.1 Å². The Hall–Kier alpha value is -1.96. The second-order valence-corrected chi connectivity index (χ2v) is 5.76. The molecule has 0 unspecified atom stereocenters. The van der Waals surface area contributed by atoms with Crippen LogP contribution in [0.5, 0.6) is 5.75 Å². The van der Waals surface area contributed by atoms with E-state index in [4.69, 9.17) is 27.9 Å². The van der Waals surface area contributed by atoms with Crippen molar-refractivity contribution in [1.82, 2.24) is 0 Å². The zero-order valence-electron chi connectivity index (χ0n) is 11.8. The largest absolute Gasteiger partial charge is 0.489 e. The molecule has 22 heavy (non-hydrogen) atoms. The van der Waals surface area contributed by atoms with Gasteiger partial charge in [-0.2, -0.15) is 0 Å². The molecule has 0 aliphatic carbocycles. The van der Waals surface area contributed by atoms with Gasteiger partial charge in [0.15, 0.2) is 0 Å². The average Bonchev–Trinajstić information content (AvgIpc) is 2.55. The third kappa shape index (κ3) is 3.62. The van der Waals surface area contributed by atoms with Crippen LogP contribution < -0.4 is 4.74 Å². The van der Waals surface area contributed by atoms with Crippen molar-refractivity contribution in [3.05, 3.63) is 88.4 Å². The Morgan fingerprint density at radius 1 is 0.727 bits per heavy atom. The molecule has 3 rings (SSSR count). The predicted molar refractivity (Wildman–Crippen MR) is 92.7 cm³/mol. The molecule has 3 aromatic carbocycles. The molecule has 0 fully saturated rings. The Bertz CT molecular complexity index is 752. The second kappa shape index (κ2) is 6.87. The number of ether oxygens (including phenoxy) is 1. The fourth-order valence-corrected chi connectivity index (χ4v) is 2.64. The molecule has 110 valence electrons. The molecule has 0 aliphatic heterocycles. The summed E-state index contributed by atoms with van der Waals surface area (Å²) in [6, 6.07) is 23.7. The van der Waals surface area contributed by atoms with Crippen molar-refractivity contribution in [2.75, 3.05) is 0 Å². The summed E-state index contributed by atoms with van der Waals surface area (Å²) in [6.07, 6.45) is 0. The van der Waals surface area contributed by atoms with Crippen LogP contribution in [0, 0.1) is 0 Å². The van der Waals surface area contributed by atoms with Crippen LogP contribution in [0.2, 0.25) is 10.0 Å². The normalized spacial score (nSPS) is 10.5. The fraction of sp³-hybridized carbons (Fsp3) is 0.0526. The lowest BCUT2D eigenvalue weighted by Gasteiger charge is -2.09. The first kappa shape index (κ1) is 15.0. The van der Waals surface area contributed by atoms with Gasteiger partial charge in [0.1, 0.15) is 12.4 Å². The topological polar surface area (TPSA) is 9.23 Å². The van der Waals surface area contributed by atoms with Gasteiger partial charge in [0.05, 0.1) is 0 Å². The van der Waals surface area contributed by atoms with Crippen LogP contribution in [0.1, 0.15) is 5.56 Å². The van der Waals surface area contributed by atoms with Gasteiger partial charge < -0.3 is 4.74 Å². The number of halogens is 2. The first-order valence-electron chi connectivity index (χ1n) is 6.94. The van der Waals surface area contributed by atoms with E-state index in [2.05, 4.69) is 12.1 Å². The highest BCUT2D eigenvalue weighted by Crippen LogP contribution is 2.25. The molecular formula is C19H14Cl2O. The molecule has 0 aromatic heterocycles. The van der Waals surface area contributed by atoms with Crippen molar-refractivity contribution in [2.24, 2.45) is 0 Å². The monoisotopic (exact) mass is 328 g/mol. The van der Waals surface area contributed by atoms with E-state index in [1.54, 1.807) is 6.07 Å². The molecule has 0 heterocycles. The SMILES string of the molecule is Clc1ccc(COc2ccc(-c3ccccc3)cc2)c(Cl)c1. The van der Waals surface area contributed by atoms with Gasteiger partial charge in [0.2, 0.25) is 0 Å². The Kier molecular flexibility index (Phi) is 4.67. The lowest BCUT2D eigenvalue weighted by atomic mass is 10.1. The van der Waals surface area contributed by atoms with Crippen LogP contribution in [0.15, 0.2) is 72.8 Å². The van der Waals surface area contributed by atoms with Crippen molar-refractivity contribution in [1.29, 1.82) is 0 Å². The summed E-state index contributed by atoms with van der Waals surface area (Å²) in [7, 11) is 0. The minimum absolute atomic E-state index is 0.417. The number of hydrogen-bond donors (Lipinski definition) is 0. The molecule has 0 bridgehead atoms. The van der Waals surface area contributed by atoms with Gasteiger partial charge in [-0.05, 0) is 35.4 Å². The van der Waals surface area contributed by atoms with E-state index in [0.29, 0.717) is 16.7 Å². The lowest BCUT2D eigenvalue weighted by molar-refractivity contribution is 0.306. The summed E-state index contributed by atoms with van der Waals surface area (Å²) >= 11 is 12.0. The van der Waals surface area contributed by atoms with E-state index in [1.807, 2.05) is 54.6 Å². The smallest absolute Gasteiger partial charge is 0.119 e. The van der Waals surface area contributed by atoms with E-state index in [1.165, 1.54) is 5.56 Å². The third-order valence-electron chi connectivity index (χ3n) is 3.37. The van der Waals surface area contributed by atoms with Gasteiger partial charge in [-0.25, -0.2) is 0 Å². The van der Waals surface area contributed by atoms with Gasteiger partial charge in [0, 0.05) is 15.6 Å². The maximum Gasteiger partial charge on any atom is 0.119 e. The standard InChI is InChI=1S/C19H14Cl2O/c20-17-9-6-16(19(21)12-17)13-22-18-10-7-15(8-11-18)14-4-2-1-3-5-14/h1-12H,13H2. The summed E-state index contributed by atoms with van der Waals surface area (Å²) < 4.78 is 5.78. The van der Waals surface area contributed by atoms with Crippen LogP contribution in [0.4, 0.5) is 0 Å². The number of hydrogen-bond acceptors (Lipinski definition) is 1. The van der Waals surface area contributed by atoms with Crippen LogP contribution in [-0.4, -0.2) is 0 Å². The maximum absolute atomic E-state index is 6.14. The highest BCUT2D eigenvalue weighted by Gasteiger charge is 2.03. The van der Waals surface area contributed by atoms with Gasteiger partial charge in [-0.1, -0.05) is 71.7 Å². The van der Waals surface area contributed by atoms with E-state index in [9.17, 15) is 0 Å². The third-order valence-corrected chi connectivity index (χ3v) is 3.96. The molecule has 3 heteroatoms. The van der Waals surface area contributed by atoms with Crippen molar-refractivity contribution in [3.8, 4) is 16.9 Å². The highest BCUT2D eigenvalue weighted by atomic mass is 35.5. The fourth-order valence-electron chi connectivity index (χ4n) is 2.17. The Balaban J connectivity index is 1.69. The van der Waals surface area contributed by atoms with Crippen molar-refractivity contribution < 1.29 is 4.74 Å². The van der Waals surface area contributed by atoms with E-state index in [-0.39, 0.29) is 0 Å². The Morgan fingerprint density at radius 2 is 1.41 bits per heavy atom. The van der Waals surface area contributed by atoms with Crippen molar-refractivity contribution >= 4 is 23.2 Å². The van der Waals surface area contributed by atoms with Crippen molar-refractivity contribution in [3.63, 3.8) is 0 Å². The Morgan fingerprint density at radius 3 is 2.09 bits per heavy atom. The molecule has 0 radical (unpaired) electrons. The highest BCUT2D eigenvalue weighted by molar-refractivity contribution is 6.35. The maximum atomic E-state index is 6.14. The van der Waals surface area contributed by atoms with Gasteiger partial charge in [-0.15, -0.1) is 0 Å². The summed E-state index contributed by atoms with van der Waals surface area (Å²) in [5, 5.41) is 1.24. The van der Waals surface area contributed by atoms with E-state index < -0.39 is 0 Å². The summed E-state index contributed by atoms with van der Waals surface area (Å²) in [5.74, 6) is 0.811. The van der Waals surface area contributed by atoms with E-state index in [0.717, 1.165) is 16.9 Å². The Labute approximate surface area is 140 Å². The quantitative estimate of drug-likeness (QED) is 0.550. The molecule has 0 saturated carbocycles. The van der Waals surface area contributed by atoms with Gasteiger partial charge in [0.25, 0.3) is 0 Å². The van der Waals surface area contributed by atoms with E-state index >= 15 is 0 Å². The van der Waals surface area contributed by atoms with Crippen LogP contribution in [-0.2, 0) is 6.61 Å². The summed E-state index contributed by atoms with van der Waals surface area (Å²) in [5.41, 5.74) is 3.27. The first-order valence-corrected chi connectivity index (χ1v) is 7.70. The average molecular weight is 329 g/mol. The minimum atomic E-state index is 0.417. The zero-order valence-corrected chi connectivity index (χ0v) is 13.3. The number of benzene rings is 3. The molecule has 0 saturated heterocycles. The van der Waals surface area contributed by atoms with Gasteiger partial charge in [-0.3, -0.25) is 0 Å². The molecular weight excluding hydrogens is 315 g/mol. The predicted octanol–water partition coefficient (Wildman–Crippen LogP) is 6.24. The van der Waals surface area contributed by atoms with Gasteiger partial charge >= 0.3 is 0 Å². The first-order chi connectivity index (χ1) is 10.7. The minimum Gasteiger partial charge on any atom is -0.489 e. The summed E-state index contributed by atoms with van der Waals surface area (Å²) in [6.45, 7) is 0.417. The molecule has 0 aliphatic rings. The van der Waals surface area contributed by atoms with Crippen LogP contribution in [0.3, 0.4) is 0 Å². The van der Waals surface area contributed by atoms with Crippen molar-refractivity contribution in [2.45, 2.75) is 6.61 Å². The van der Waals surface area contributed by atoms with Crippen LogP contribution >= 0.6 is 23.2 Å². The molecule has 0 N–H and O–H groups in total. The zero-order chi connectivity index (χ0) is 15.4.